The molecule has 0 aliphatic carbocycles. The Morgan fingerprint density at radius 3 is 2.48 bits per heavy atom. The molecule has 0 aliphatic heterocycles. The Hall–Kier alpha value is -2.37. The number of carbonyl (C=O) groups is 1. The zero-order chi connectivity index (χ0) is 16.2. The number of amides is 1. The number of aromatic nitrogens is 3. The first-order valence-corrected chi connectivity index (χ1v) is 7.57. The fraction of sp³-hybridized carbons (Fsp3) is 0.0625. The highest BCUT2D eigenvalue weighted by molar-refractivity contribution is 6.35. The Labute approximate surface area is 142 Å². The van der Waals surface area contributed by atoms with Crippen molar-refractivity contribution in [3.63, 3.8) is 0 Å². The van der Waals surface area contributed by atoms with E-state index in [4.69, 9.17) is 23.2 Å². The Kier molecular flexibility index (Phi) is 4.60. The van der Waals surface area contributed by atoms with Crippen LogP contribution >= 0.6 is 23.2 Å². The summed E-state index contributed by atoms with van der Waals surface area (Å²) in [6.07, 6.45) is 4.88. The zero-order valence-electron chi connectivity index (χ0n) is 11.9. The van der Waals surface area contributed by atoms with E-state index in [9.17, 15) is 4.79 Å². The van der Waals surface area contributed by atoms with Gasteiger partial charge in [-0.25, -0.2) is 0 Å². The van der Waals surface area contributed by atoms with Gasteiger partial charge in [-0.15, -0.1) is 0 Å². The molecule has 2 aromatic heterocycles. The predicted molar refractivity (Wildman–Crippen MR) is 90.0 cm³/mol. The molecule has 1 N–H and O–H groups in total. The van der Waals surface area contributed by atoms with Crippen molar-refractivity contribution in [2.75, 3.05) is 5.32 Å². The van der Waals surface area contributed by atoms with E-state index in [2.05, 4.69) is 15.4 Å². The number of pyridine rings is 1. The molecular weight excluding hydrogens is 335 g/mol. The van der Waals surface area contributed by atoms with E-state index in [1.807, 2.05) is 0 Å². The van der Waals surface area contributed by atoms with Crippen LogP contribution in [0.2, 0.25) is 10.0 Å². The molecular formula is C16H12Cl2N4O. The lowest BCUT2D eigenvalue weighted by Gasteiger charge is -2.07. The maximum absolute atomic E-state index is 12.1. The second-order valence-corrected chi connectivity index (χ2v) is 5.60. The summed E-state index contributed by atoms with van der Waals surface area (Å²) in [6, 6.07) is 10.3. The van der Waals surface area contributed by atoms with Gasteiger partial charge < -0.3 is 5.32 Å². The Morgan fingerprint density at radius 2 is 1.78 bits per heavy atom. The van der Waals surface area contributed by atoms with E-state index in [0.717, 1.165) is 5.56 Å². The van der Waals surface area contributed by atoms with Crippen molar-refractivity contribution in [2.45, 2.75) is 6.54 Å². The van der Waals surface area contributed by atoms with Crippen LogP contribution in [0.3, 0.4) is 0 Å². The van der Waals surface area contributed by atoms with E-state index < -0.39 is 0 Å². The normalized spacial score (nSPS) is 10.5. The summed E-state index contributed by atoms with van der Waals surface area (Å²) in [5.41, 5.74) is 1.30. The molecule has 3 aromatic rings. The molecule has 0 spiro atoms. The molecule has 2 heterocycles. The van der Waals surface area contributed by atoms with Crippen LogP contribution in [-0.4, -0.2) is 20.7 Å². The Morgan fingerprint density at radius 1 is 1.09 bits per heavy atom. The number of benzene rings is 1. The molecule has 0 atom stereocenters. The molecule has 23 heavy (non-hydrogen) atoms. The summed E-state index contributed by atoms with van der Waals surface area (Å²) < 4.78 is 1.66. The Balaban J connectivity index is 1.72. The molecule has 0 fully saturated rings. The molecule has 3 rings (SSSR count). The van der Waals surface area contributed by atoms with Crippen molar-refractivity contribution in [1.82, 2.24) is 14.8 Å². The molecule has 7 heteroatoms. The number of rotatable bonds is 4. The van der Waals surface area contributed by atoms with Gasteiger partial charge in [-0.1, -0.05) is 29.3 Å². The lowest BCUT2D eigenvalue weighted by atomic mass is 10.2. The fourth-order valence-corrected chi connectivity index (χ4v) is 2.57. The van der Waals surface area contributed by atoms with Gasteiger partial charge in [-0.3, -0.25) is 14.5 Å². The van der Waals surface area contributed by atoms with E-state index in [0.29, 0.717) is 28.0 Å². The van der Waals surface area contributed by atoms with Gasteiger partial charge in [0.05, 0.1) is 6.54 Å². The predicted octanol–water partition coefficient (Wildman–Crippen LogP) is 3.89. The van der Waals surface area contributed by atoms with Crippen LogP contribution in [0, 0.1) is 0 Å². The SMILES string of the molecule is O=C(Nc1ccn(Cc2c(Cl)cccc2Cl)n1)c1ccncc1. The number of nitrogens with zero attached hydrogens (tertiary/aromatic N) is 3. The lowest BCUT2D eigenvalue weighted by Crippen LogP contribution is -2.12. The van der Waals surface area contributed by atoms with E-state index in [1.54, 1.807) is 59.7 Å². The van der Waals surface area contributed by atoms with Crippen molar-refractivity contribution in [2.24, 2.45) is 0 Å². The van der Waals surface area contributed by atoms with Crippen molar-refractivity contribution in [3.05, 3.63) is 76.2 Å². The van der Waals surface area contributed by atoms with Gasteiger partial charge in [0.15, 0.2) is 5.82 Å². The topological polar surface area (TPSA) is 59.8 Å². The van der Waals surface area contributed by atoms with Gasteiger partial charge in [0.1, 0.15) is 0 Å². The average Bonchev–Trinajstić information content (AvgIpc) is 2.99. The second kappa shape index (κ2) is 6.81. The van der Waals surface area contributed by atoms with Crippen molar-refractivity contribution in [1.29, 1.82) is 0 Å². The van der Waals surface area contributed by atoms with Crippen LogP contribution in [0.5, 0.6) is 0 Å². The second-order valence-electron chi connectivity index (χ2n) is 4.79. The van der Waals surface area contributed by atoms with Gasteiger partial charge in [0.2, 0.25) is 0 Å². The number of halogens is 2. The highest BCUT2D eigenvalue weighted by Gasteiger charge is 2.10. The van der Waals surface area contributed by atoms with Crippen LogP contribution in [-0.2, 0) is 6.54 Å². The number of hydrogen-bond donors (Lipinski definition) is 1. The minimum Gasteiger partial charge on any atom is -0.305 e. The summed E-state index contributed by atoms with van der Waals surface area (Å²) in [5.74, 6) is 0.211. The standard InChI is InChI=1S/C16H12Cl2N4O/c17-13-2-1-3-14(18)12(13)10-22-9-6-15(21-22)20-16(23)11-4-7-19-8-5-11/h1-9H,10H2,(H,20,21,23). The first-order valence-electron chi connectivity index (χ1n) is 6.81. The summed E-state index contributed by atoms with van der Waals surface area (Å²) in [5, 5.41) is 8.19. The van der Waals surface area contributed by atoms with Crippen molar-refractivity contribution < 1.29 is 4.79 Å². The van der Waals surface area contributed by atoms with Crippen LogP contribution in [0.4, 0.5) is 5.82 Å². The molecule has 0 aliphatic rings. The van der Waals surface area contributed by atoms with Crippen LogP contribution in [0.1, 0.15) is 15.9 Å². The number of anilines is 1. The third-order valence-corrected chi connectivity index (χ3v) is 3.91. The van der Waals surface area contributed by atoms with Crippen LogP contribution < -0.4 is 5.32 Å². The van der Waals surface area contributed by atoms with Gasteiger partial charge >= 0.3 is 0 Å². The maximum atomic E-state index is 12.1. The van der Waals surface area contributed by atoms with Crippen molar-refractivity contribution in [3.8, 4) is 0 Å². The van der Waals surface area contributed by atoms with Gasteiger partial charge in [0, 0.05) is 45.8 Å². The minimum absolute atomic E-state index is 0.242. The third kappa shape index (κ3) is 3.70. The molecule has 0 saturated heterocycles. The van der Waals surface area contributed by atoms with Gasteiger partial charge in [-0.2, -0.15) is 5.10 Å². The number of nitrogens with one attached hydrogen (secondary N) is 1. The third-order valence-electron chi connectivity index (χ3n) is 3.21. The quantitative estimate of drug-likeness (QED) is 0.779. The van der Waals surface area contributed by atoms with E-state index >= 15 is 0 Å². The lowest BCUT2D eigenvalue weighted by molar-refractivity contribution is 0.102. The summed E-state index contributed by atoms with van der Waals surface area (Å²) in [7, 11) is 0. The fourth-order valence-electron chi connectivity index (χ4n) is 2.05. The molecule has 0 radical (unpaired) electrons. The molecule has 0 unspecified atom stereocenters. The van der Waals surface area contributed by atoms with Crippen LogP contribution in [0.15, 0.2) is 55.0 Å². The van der Waals surface area contributed by atoms with E-state index in [-0.39, 0.29) is 5.91 Å². The highest BCUT2D eigenvalue weighted by Crippen LogP contribution is 2.25. The minimum atomic E-state index is -0.242. The van der Waals surface area contributed by atoms with Crippen LogP contribution in [0.25, 0.3) is 0 Å². The molecule has 1 amide bonds. The molecule has 0 bridgehead atoms. The first kappa shape index (κ1) is 15.5. The first-order chi connectivity index (χ1) is 11.1. The highest BCUT2D eigenvalue weighted by atomic mass is 35.5. The van der Waals surface area contributed by atoms with Gasteiger partial charge in [0.25, 0.3) is 5.91 Å². The maximum Gasteiger partial charge on any atom is 0.256 e. The summed E-state index contributed by atoms with van der Waals surface area (Å²) in [4.78, 5) is 15.9. The van der Waals surface area contributed by atoms with Crippen molar-refractivity contribution >= 4 is 34.9 Å². The average molecular weight is 347 g/mol. The van der Waals surface area contributed by atoms with E-state index in [1.165, 1.54) is 0 Å². The number of carbonyl (C=O) groups excluding carboxylic acids is 1. The smallest absolute Gasteiger partial charge is 0.256 e. The summed E-state index contributed by atoms with van der Waals surface area (Å²) in [6.45, 7) is 0.420. The molecule has 0 saturated carbocycles. The zero-order valence-corrected chi connectivity index (χ0v) is 13.4. The molecule has 5 nitrogen and oxygen atoms in total. The monoisotopic (exact) mass is 346 g/mol. The van der Waals surface area contributed by atoms with Gasteiger partial charge in [-0.05, 0) is 24.3 Å². The summed E-state index contributed by atoms with van der Waals surface area (Å²) >= 11 is 12.3. The number of hydrogen-bond acceptors (Lipinski definition) is 3. The molecule has 1 aromatic carbocycles. The largest absolute Gasteiger partial charge is 0.305 e. The Bertz CT molecular complexity index is 813. The molecule has 116 valence electrons.